The number of carbonyl (C=O) groups excluding carboxylic acids is 1. The average molecular weight is 288 g/mol. The normalized spacial score (nSPS) is 10.7. The Bertz CT molecular complexity index is 607. The van der Waals surface area contributed by atoms with Crippen molar-refractivity contribution in [1.29, 1.82) is 0 Å². The van der Waals surface area contributed by atoms with Crippen LogP contribution in [0.25, 0.3) is 11.1 Å². The second-order valence-electron chi connectivity index (χ2n) is 5.03. The number of benzene rings is 1. The van der Waals surface area contributed by atoms with Gasteiger partial charge in [0.1, 0.15) is 12.4 Å². The van der Waals surface area contributed by atoms with Gasteiger partial charge in [-0.25, -0.2) is 0 Å². The van der Waals surface area contributed by atoms with Crippen LogP contribution >= 0.6 is 0 Å². The largest absolute Gasteiger partial charge is 0.490 e. The lowest BCUT2D eigenvalue weighted by atomic mass is 10.1. The van der Waals surface area contributed by atoms with Crippen molar-refractivity contribution in [1.82, 2.24) is 15.1 Å². The first-order valence-electron chi connectivity index (χ1n) is 6.74. The van der Waals surface area contributed by atoms with E-state index in [2.05, 4.69) is 15.5 Å². The molecule has 0 aliphatic heterocycles. The molecule has 1 amide bonds. The maximum absolute atomic E-state index is 10.7. The fraction of sp³-hybridized carbons (Fsp3) is 0.333. The molecule has 0 fully saturated rings. The molecule has 0 radical (unpaired) electrons. The standard InChI is InChI=1S/C15H20N4O2/c1-11-13(9-17-18-11)12-4-5-14(16-10-20)15(8-12)21-7-6-19(2)3/h4-5,8-10H,6-7H2,1-3H3,(H,16,20)(H,17,18). The predicted molar refractivity (Wildman–Crippen MR) is 82.5 cm³/mol. The van der Waals surface area contributed by atoms with Crippen LogP contribution in [0.3, 0.4) is 0 Å². The van der Waals surface area contributed by atoms with Crippen LogP contribution in [0.4, 0.5) is 5.69 Å². The molecule has 0 aliphatic carbocycles. The van der Waals surface area contributed by atoms with Gasteiger partial charge < -0.3 is 15.0 Å². The number of nitrogens with zero attached hydrogens (tertiary/aromatic N) is 2. The molecule has 0 saturated heterocycles. The number of hydrogen-bond donors (Lipinski definition) is 2. The van der Waals surface area contributed by atoms with E-state index in [1.807, 2.05) is 44.1 Å². The molecule has 2 rings (SSSR count). The lowest BCUT2D eigenvalue weighted by Gasteiger charge is -2.14. The van der Waals surface area contributed by atoms with Gasteiger partial charge in [-0.1, -0.05) is 6.07 Å². The smallest absolute Gasteiger partial charge is 0.211 e. The Morgan fingerprint density at radius 1 is 1.43 bits per heavy atom. The fourth-order valence-corrected chi connectivity index (χ4v) is 1.97. The van der Waals surface area contributed by atoms with E-state index in [-0.39, 0.29) is 0 Å². The second kappa shape index (κ2) is 6.90. The first kappa shape index (κ1) is 15.1. The van der Waals surface area contributed by atoms with Crippen LogP contribution in [0.2, 0.25) is 0 Å². The number of rotatable bonds is 7. The van der Waals surface area contributed by atoms with Gasteiger partial charge in [-0.2, -0.15) is 5.10 Å². The molecule has 1 heterocycles. The SMILES string of the molecule is Cc1[nH]ncc1-c1ccc(NC=O)c(OCCN(C)C)c1. The number of carbonyl (C=O) groups is 1. The van der Waals surface area contributed by atoms with Crippen LogP contribution < -0.4 is 10.1 Å². The molecule has 21 heavy (non-hydrogen) atoms. The molecular weight excluding hydrogens is 268 g/mol. The summed E-state index contributed by atoms with van der Waals surface area (Å²) in [7, 11) is 3.97. The summed E-state index contributed by atoms with van der Waals surface area (Å²) in [6.07, 6.45) is 2.43. The molecule has 0 unspecified atom stereocenters. The number of amides is 1. The van der Waals surface area contributed by atoms with Crippen molar-refractivity contribution in [2.75, 3.05) is 32.6 Å². The highest BCUT2D eigenvalue weighted by Gasteiger charge is 2.09. The Morgan fingerprint density at radius 3 is 2.86 bits per heavy atom. The molecule has 6 nitrogen and oxygen atoms in total. The first-order chi connectivity index (χ1) is 10.1. The molecule has 1 aromatic carbocycles. The quantitative estimate of drug-likeness (QED) is 0.763. The van der Waals surface area contributed by atoms with E-state index in [9.17, 15) is 4.79 Å². The predicted octanol–water partition coefficient (Wildman–Crippen LogP) is 1.89. The van der Waals surface area contributed by atoms with Crippen LogP contribution in [0.5, 0.6) is 5.75 Å². The summed E-state index contributed by atoms with van der Waals surface area (Å²) in [5.74, 6) is 0.655. The number of nitrogens with one attached hydrogen (secondary N) is 2. The topological polar surface area (TPSA) is 70.2 Å². The Balaban J connectivity index is 2.25. The summed E-state index contributed by atoms with van der Waals surface area (Å²) in [4.78, 5) is 12.7. The lowest BCUT2D eigenvalue weighted by molar-refractivity contribution is -0.105. The Labute approximate surface area is 124 Å². The molecule has 0 aliphatic rings. The van der Waals surface area contributed by atoms with Gasteiger partial charge >= 0.3 is 0 Å². The maximum Gasteiger partial charge on any atom is 0.211 e. The molecule has 1 aromatic heterocycles. The number of aromatic nitrogens is 2. The van der Waals surface area contributed by atoms with Crippen molar-refractivity contribution in [2.45, 2.75) is 6.92 Å². The zero-order valence-corrected chi connectivity index (χ0v) is 12.5. The summed E-state index contributed by atoms with van der Waals surface area (Å²) in [5, 5.41) is 9.60. The van der Waals surface area contributed by atoms with Crippen LogP contribution in [-0.2, 0) is 4.79 Å². The molecule has 0 bridgehead atoms. The van der Waals surface area contributed by atoms with Gasteiger partial charge in [-0.05, 0) is 38.7 Å². The monoisotopic (exact) mass is 288 g/mol. The lowest BCUT2D eigenvalue weighted by Crippen LogP contribution is -2.19. The van der Waals surface area contributed by atoms with Crippen molar-refractivity contribution >= 4 is 12.1 Å². The summed E-state index contributed by atoms with van der Waals surface area (Å²) < 4.78 is 5.79. The van der Waals surface area contributed by atoms with Gasteiger partial charge in [0, 0.05) is 17.8 Å². The average Bonchev–Trinajstić information content (AvgIpc) is 2.86. The zero-order valence-electron chi connectivity index (χ0n) is 12.5. The maximum atomic E-state index is 10.7. The fourth-order valence-electron chi connectivity index (χ4n) is 1.97. The van der Waals surface area contributed by atoms with Crippen molar-refractivity contribution in [3.8, 4) is 16.9 Å². The van der Waals surface area contributed by atoms with Gasteiger partial charge in [0.2, 0.25) is 6.41 Å². The van der Waals surface area contributed by atoms with Crippen molar-refractivity contribution in [3.05, 3.63) is 30.1 Å². The highest BCUT2D eigenvalue weighted by atomic mass is 16.5. The number of anilines is 1. The molecule has 2 N–H and O–H groups in total. The molecular formula is C15H20N4O2. The van der Waals surface area contributed by atoms with Crippen LogP contribution in [-0.4, -0.2) is 48.8 Å². The third-order valence-electron chi connectivity index (χ3n) is 3.13. The summed E-state index contributed by atoms with van der Waals surface area (Å²) in [6, 6.07) is 5.68. The molecule has 2 aromatic rings. The van der Waals surface area contributed by atoms with Gasteiger partial charge in [0.15, 0.2) is 0 Å². The van der Waals surface area contributed by atoms with E-state index in [0.717, 1.165) is 23.4 Å². The number of likely N-dealkylation sites (N-methyl/N-ethyl adjacent to an activating group) is 1. The van der Waals surface area contributed by atoms with Crippen LogP contribution in [0, 0.1) is 6.92 Å². The number of ether oxygens (including phenoxy) is 1. The molecule has 112 valence electrons. The van der Waals surface area contributed by atoms with E-state index in [4.69, 9.17) is 4.74 Å². The van der Waals surface area contributed by atoms with E-state index in [1.165, 1.54) is 0 Å². The van der Waals surface area contributed by atoms with Gasteiger partial charge in [0.05, 0.1) is 11.9 Å². The second-order valence-corrected chi connectivity index (χ2v) is 5.03. The zero-order chi connectivity index (χ0) is 15.2. The van der Waals surface area contributed by atoms with E-state index < -0.39 is 0 Å². The van der Waals surface area contributed by atoms with E-state index >= 15 is 0 Å². The highest BCUT2D eigenvalue weighted by Crippen LogP contribution is 2.31. The number of H-pyrrole nitrogens is 1. The molecule has 0 atom stereocenters. The summed E-state index contributed by atoms with van der Waals surface area (Å²) in [6.45, 7) is 3.32. The Morgan fingerprint density at radius 2 is 2.24 bits per heavy atom. The molecule has 0 spiro atoms. The van der Waals surface area contributed by atoms with Gasteiger partial charge in [-0.3, -0.25) is 9.89 Å². The summed E-state index contributed by atoms with van der Waals surface area (Å²) >= 11 is 0. The van der Waals surface area contributed by atoms with Crippen LogP contribution in [0.15, 0.2) is 24.4 Å². The third kappa shape index (κ3) is 3.82. The van der Waals surface area contributed by atoms with Gasteiger partial charge in [-0.15, -0.1) is 0 Å². The minimum atomic E-state index is 0.550. The van der Waals surface area contributed by atoms with Gasteiger partial charge in [0.25, 0.3) is 0 Å². The number of aromatic amines is 1. The van der Waals surface area contributed by atoms with Crippen molar-refractivity contribution < 1.29 is 9.53 Å². The molecule has 6 heteroatoms. The van der Waals surface area contributed by atoms with Crippen molar-refractivity contribution in [3.63, 3.8) is 0 Å². The summed E-state index contributed by atoms with van der Waals surface area (Å²) in [5.41, 5.74) is 3.67. The van der Waals surface area contributed by atoms with E-state index in [1.54, 1.807) is 6.20 Å². The first-order valence-corrected chi connectivity index (χ1v) is 6.74. The number of hydrogen-bond acceptors (Lipinski definition) is 4. The van der Waals surface area contributed by atoms with E-state index in [0.29, 0.717) is 24.5 Å². The minimum absolute atomic E-state index is 0.550. The van der Waals surface area contributed by atoms with Crippen molar-refractivity contribution in [2.24, 2.45) is 0 Å². The highest BCUT2D eigenvalue weighted by molar-refractivity contribution is 5.79. The minimum Gasteiger partial charge on any atom is -0.490 e. The van der Waals surface area contributed by atoms with Crippen LogP contribution in [0.1, 0.15) is 5.69 Å². The number of aryl methyl sites for hydroxylation is 1. The molecule has 0 saturated carbocycles. The Kier molecular flexibility index (Phi) is 4.94. The third-order valence-corrected chi connectivity index (χ3v) is 3.13. The Hall–Kier alpha value is -2.34.